The van der Waals surface area contributed by atoms with Gasteiger partial charge < -0.3 is 10.2 Å². The number of amides is 2. The van der Waals surface area contributed by atoms with Crippen molar-refractivity contribution in [3.63, 3.8) is 0 Å². The number of hydrogen-bond donors (Lipinski definition) is 1. The average Bonchev–Trinajstić information content (AvgIpc) is 3.26. The number of hydrogen-bond acceptors (Lipinski definition) is 3. The van der Waals surface area contributed by atoms with E-state index in [1.54, 1.807) is 18.3 Å². The van der Waals surface area contributed by atoms with E-state index in [9.17, 15) is 9.59 Å². The lowest BCUT2D eigenvalue weighted by Gasteiger charge is -2.35. The van der Waals surface area contributed by atoms with Crippen LogP contribution in [0.2, 0.25) is 0 Å². The third-order valence-corrected chi connectivity index (χ3v) is 6.71. The van der Waals surface area contributed by atoms with E-state index in [1.165, 1.54) is 0 Å². The standard InChI is InChI=1S/C24H33N3O2/c1-5-7-9-19(17(3)4)22(28)26-24-13-8-10-21(24)27(15-14-24)23(29)20-12-11-18(6-2)16-25-20/h2,11-12,16-17,19,21H,5,7-10,13-15H2,1,3-4H3,(H,26,28). The van der Waals surface area contributed by atoms with Crippen molar-refractivity contribution < 1.29 is 9.59 Å². The molecule has 3 rings (SSSR count). The highest BCUT2D eigenvalue weighted by molar-refractivity contribution is 5.93. The molecule has 5 nitrogen and oxygen atoms in total. The predicted octanol–water partition coefficient (Wildman–Crippen LogP) is 3.78. The second kappa shape index (κ2) is 8.98. The molecule has 3 unspecified atom stereocenters. The Labute approximate surface area is 174 Å². The number of unbranched alkanes of at least 4 members (excludes halogenated alkanes) is 1. The third kappa shape index (κ3) is 4.32. The zero-order valence-corrected chi connectivity index (χ0v) is 17.9. The van der Waals surface area contributed by atoms with Gasteiger partial charge in [-0.2, -0.15) is 0 Å². The topological polar surface area (TPSA) is 62.3 Å². The summed E-state index contributed by atoms with van der Waals surface area (Å²) in [6, 6.07) is 3.50. The minimum Gasteiger partial charge on any atom is -0.348 e. The molecule has 0 aromatic carbocycles. The normalized spacial score (nSPS) is 24.2. The fourth-order valence-electron chi connectivity index (χ4n) is 5.01. The quantitative estimate of drug-likeness (QED) is 0.715. The van der Waals surface area contributed by atoms with Crippen molar-refractivity contribution >= 4 is 11.8 Å². The van der Waals surface area contributed by atoms with E-state index in [0.29, 0.717) is 23.7 Å². The van der Waals surface area contributed by atoms with Crippen LogP contribution in [0.15, 0.2) is 18.3 Å². The van der Waals surface area contributed by atoms with Gasteiger partial charge in [0, 0.05) is 24.2 Å². The Morgan fingerprint density at radius 2 is 2.17 bits per heavy atom. The molecule has 1 aromatic rings. The lowest BCUT2D eigenvalue weighted by molar-refractivity contribution is -0.128. The number of carbonyl (C=O) groups is 2. The van der Waals surface area contributed by atoms with Crippen molar-refractivity contribution in [1.29, 1.82) is 0 Å². The van der Waals surface area contributed by atoms with E-state index in [2.05, 4.69) is 37.0 Å². The molecular weight excluding hydrogens is 362 g/mol. The first kappa shape index (κ1) is 21.4. The third-order valence-electron chi connectivity index (χ3n) is 6.71. The molecule has 2 amide bonds. The number of carbonyl (C=O) groups excluding carboxylic acids is 2. The summed E-state index contributed by atoms with van der Waals surface area (Å²) in [5.74, 6) is 2.97. The minimum absolute atomic E-state index is 0.0355. The lowest BCUT2D eigenvalue weighted by atomic mass is 9.86. The van der Waals surface area contributed by atoms with Gasteiger partial charge >= 0.3 is 0 Å². The molecule has 0 spiro atoms. The van der Waals surface area contributed by atoms with Crippen molar-refractivity contribution in [3.8, 4) is 12.3 Å². The van der Waals surface area contributed by atoms with Gasteiger partial charge in [0.1, 0.15) is 5.69 Å². The van der Waals surface area contributed by atoms with Gasteiger partial charge in [-0.3, -0.25) is 9.59 Å². The van der Waals surface area contributed by atoms with Gasteiger partial charge in [-0.25, -0.2) is 4.98 Å². The highest BCUT2D eigenvalue weighted by Crippen LogP contribution is 2.42. The van der Waals surface area contributed by atoms with Gasteiger partial charge in [-0.05, 0) is 50.2 Å². The Hall–Kier alpha value is -2.35. The molecule has 1 saturated heterocycles. The summed E-state index contributed by atoms with van der Waals surface area (Å²) < 4.78 is 0. The molecule has 2 heterocycles. The van der Waals surface area contributed by atoms with E-state index >= 15 is 0 Å². The first-order valence-corrected chi connectivity index (χ1v) is 11.0. The summed E-state index contributed by atoms with van der Waals surface area (Å²) in [5.41, 5.74) is 0.795. The van der Waals surface area contributed by atoms with Crippen molar-refractivity contribution in [1.82, 2.24) is 15.2 Å². The first-order valence-electron chi connectivity index (χ1n) is 11.0. The number of pyridine rings is 1. The van der Waals surface area contributed by atoms with Crippen LogP contribution in [0.5, 0.6) is 0 Å². The van der Waals surface area contributed by atoms with Gasteiger partial charge in [0.2, 0.25) is 5.91 Å². The van der Waals surface area contributed by atoms with Crippen molar-refractivity contribution in [2.45, 2.75) is 77.3 Å². The average molecular weight is 396 g/mol. The molecule has 0 bridgehead atoms. The van der Waals surface area contributed by atoms with Gasteiger partial charge in [-0.15, -0.1) is 6.42 Å². The second-order valence-corrected chi connectivity index (χ2v) is 8.87. The van der Waals surface area contributed by atoms with Gasteiger partial charge in [0.25, 0.3) is 5.91 Å². The predicted molar refractivity (Wildman–Crippen MR) is 114 cm³/mol. The zero-order valence-electron chi connectivity index (χ0n) is 17.9. The van der Waals surface area contributed by atoms with Crippen LogP contribution in [0.25, 0.3) is 0 Å². The number of terminal acetylenes is 1. The van der Waals surface area contributed by atoms with Crippen LogP contribution in [0.1, 0.15) is 81.8 Å². The smallest absolute Gasteiger partial charge is 0.272 e. The molecule has 1 aliphatic heterocycles. The van der Waals surface area contributed by atoms with Crippen molar-refractivity contribution in [3.05, 3.63) is 29.6 Å². The van der Waals surface area contributed by atoms with E-state index in [-0.39, 0.29) is 29.3 Å². The molecule has 1 aromatic heterocycles. The molecule has 1 N–H and O–H groups in total. The molecule has 2 aliphatic rings. The van der Waals surface area contributed by atoms with Gasteiger partial charge in [0.15, 0.2) is 0 Å². The number of rotatable bonds is 7. The highest BCUT2D eigenvalue weighted by Gasteiger charge is 2.53. The maximum atomic E-state index is 13.2. The fourth-order valence-corrected chi connectivity index (χ4v) is 5.01. The van der Waals surface area contributed by atoms with Crippen molar-refractivity contribution in [2.75, 3.05) is 6.54 Å². The molecule has 29 heavy (non-hydrogen) atoms. The number of fused-ring (bicyclic) bond motifs is 1. The summed E-state index contributed by atoms with van der Waals surface area (Å²) in [5, 5.41) is 3.42. The molecule has 1 aliphatic carbocycles. The molecule has 5 heteroatoms. The SMILES string of the molecule is C#Cc1ccc(C(=O)N2CCC3(NC(=O)C(CCCC)C(C)C)CCCC23)nc1. The molecule has 2 fully saturated rings. The van der Waals surface area contributed by atoms with E-state index in [4.69, 9.17) is 6.42 Å². The Morgan fingerprint density at radius 3 is 2.79 bits per heavy atom. The largest absolute Gasteiger partial charge is 0.348 e. The number of aromatic nitrogens is 1. The second-order valence-electron chi connectivity index (χ2n) is 8.87. The van der Waals surface area contributed by atoms with Crippen LogP contribution in [-0.2, 0) is 4.79 Å². The maximum absolute atomic E-state index is 13.2. The lowest BCUT2D eigenvalue weighted by Crippen LogP contribution is -2.56. The van der Waals surface area contributed by atoms with Crippen LogP contribution in [0.3, 0.4) is 0 Å². The van der Waals surface area contributed by atoms with E-state index in [0.717, 1.165) is 44.9 Å². The van der Waals surface area contributed by atoms with Crippen LogP contribution in [0, 0.1) is 24.2 Å². The summed E-state index contributed by atoms with van der Waals surface area (Å²) in [7, 11) is 0. The first-order chi connectivity index (χ1) is 13.9. The highest BCUT2D eigenvalue weighted by atomic mass is 16.2. The number of nitrogens with zero attached hydrogens (tertiary/aromatic N) is 2. The number of likely N-dealkylation sites (tertiary alicyclic amines) is 1. The summed E-state index contributed by atoms with van der Waals surface area (Å²) >= 11 is 0. The molecule has 1 saturated carbocycles. The Bertz CT molecular complexity index is 780. The van der Waals surface area contributed by atoms with Crippen molar-refractivity contribution in [2.24, 2.45) is 11.8 Å². The van der Waals surface area contributed by atoms with E-state index in [1.807, 2.05) is 4.90 Å². The summed E-state index contributed by atoms with van der Waals surface area (Å²) in [4.78, 5) is 32.4. The van der Waals surface area contributed by atoms with Crippen LogP contribution in [-0.4, -0.2) is 39.8 Å². The van der Waals surface area contributed by atoms with Crippen LogP contribution in [0.4, 0.5) is 0 Å². The Balaban J connectivity index is 1.74. The molecule has 3 atom stereocenters. The monoisotopic (exact) mass is 395 g/mol. The van der Waals surface area contributed by atoms with Gasteiger partial charge in [0.05, 0.1) is 11.6 Å². The van der Waals surface area contributed by atoms with E-state index < -0.39 is 0 Å². The molecular formula is C24H33N3O2. The Kier molecular flexibility index (Phi) is 6.62. The maximum Gasteiger partial charge on any atom is 0.272 e. The zero-order chi connectivity index (χ0) is 21.0. The van der Waals surface area contributed by atoms with Crippen LogP contribution < -0.4 is 5.32 Å². The fraction of sp³-hybridized carbons (Fsp3) is 0.625. The van der Waals surface area contributed by atoms with Gasteiger partial charge in [-0.1, -0.05) is 39.5 Å². The Morgan fingerprint density at radius 1 is 1.38 bits per heavy atom. The molecule has 156 valence electrons. The summed E-state index contributed by atoms with van der Waals surface area (Å²) in [6.45, 7) is 7.06. The minimum atomic E-state index is -0.287. The van der Waals surface area contributed by atoms with Crippen LogP contribution >= 0.6 is 0 Å². The molecule has 0 radical (unpaired) electrons. The number of nitrogens with one attached hydrogen (secondary N) is 1. The summed E-state index contributed by atoms with van der Waals surface area (Å²) in [6.07, 6.45) is 13.7.